The summed E-state index contributed by atoms with van der Waals surface area (Å²) in [5, 5.41) is 1.08. The van der Waals surface area contributed by atoms with Gasteiger partial charge in [-0.25, -0.2) is 9.79 Å². The molecule has 4 aromatic rings. The average Bonchev–Trinajstić information content (AvgIpc) is 3.33. The van der Waals surface area contributed by atoms with E-state index in [4.69, 9.17) is 9.47 Å². The highest BCUT2D eigenvalue weighted by atomic mass is 16.6. The Kier molecular flexibility index (Phi) is 5.76. The summed E-state index contributed by atoms with van der Waals surface area (Å²) in [5.41, 5.74) is 6.48. The number of para-hydroxylation sites is 1. The number of rotatable bonds is 6. The number of aryl methyl sites for hydroxylation is 2. The zero-order valence-electron chi connectivity index (χ0n) is 19.5. The molecule has 0 spiro atoms. The number of ether oxygens (including phenoxy) is 2. The van der Waals surface area contributed by atoms with Crippen molar-refractivity contribution >= 4 is 28.8 Å². The van der Waals surface area contributed by atoms with Gasteiger partial charge in [-0.05, 0) is 62.7 Å². The average molecular weight is 451 g/mol. The number of carbonyl (C=O) groups is 1. The van der Waals surface area contributed by atoms with E-state index in [9.17, 15) is 4.79 Å². The maximum absolute atomic E-state index is 12.6. The minimum Gasteiger partial charge on any atom is -0.491 e. The highest BCUT2D eigenvalue weighted by molar-refractivity contribution is 6.13. The van der Waals surface area contributed by atoms with E-state index in [-0.39, 0.29) is 0 Å². The van der Waals surface area contributed by atoms with Crippen LogP contribution in [-0.2, 0) is 16.1 Å². The molecule has 0 radical (unpaired) electrons. The molecular formula is C29H26N2O3. The monoisotopic (exact) mass is 450 g/mol. The van der Waals surface area contributed by atoms with Crippen molar-refractivity contribution in [1.29, 1.82) is 0 Å². The summed E-state index contributed by atoms with van der Waals surface area (Å²) < 4.78 is 13.8. The lowest BCUT2D eigenvalue weighted by atomic mass is 10.1. The van der Waals surface area contributed by atoms with E-state index >= 15 is 0 Å². The number of hydrogen-bond donors (Lipinski definition) is 0. The van der Waals surface area contributed by atoms with Crippen LogP contribution in [0.25, 0.3) is 17.0 Å². The first-order valence-electron chi connectivity index (χ1n) is 11.4. The third-order valence-electron chi connectivity index (χ3n) is 6.12. The number of aliphatic imine (C=N–C) groups is 1. The Morgan fingerprint density at radius 3 is 2.53 bits per heavy atom. The summed E-state index contributed by atoms with van der Waals surface area (Å²) in [6, 6.07) is 23.9. The normalized spacial score (nSPS) is 14.5. The molecule has 0 fully saturated rings. The van der Waals surface area contributed by atoms with E-state index in [0.29, 0.717) is 24.7 Å². The fourth-order valence-electron chi connectivity index (χ4n) is 4.31. The van der Waals surface area contributed by atoms with Gasteiger partial charge in [0.1, 0.15) is 12.4 Å². The molecule has 3 aromatic carbocycles. The zero-order chi connectivity index (χ0) is 23.7. The van der Waals surface area contributed by atoms with Crippen LogP contribution in [-0.4, -0.2) is 23.0 Å². The number of cyclic esters (lactones) is 1. The van der Waals surface area contributed by atoms with Gasteiger partial charge < -0.3 is 14.0 Å². The topological polar surface area (TPSA) is 52.8 Å². The van der Waals surface area contributed by atoms with Crippen LogP contribution in [0.5, 0.6) is 5.75 Å². The minimum atomic E-state index is -0.435. The fraction of sp³-hybridized carbons (Fsp3) is 0.172. The number of aromatic nitrogens is 1. The Balaban J connectivity index is 1.50. The molecule has 170 valence electrons. The summed E-state index contributed by atoms with van der Waals surface area (Å²) >= 11 is 0. The second kappa shape index (κ2) is 9.02. The third kappa shape index (κ3) is 4.13. The van der Waals surface area contributed by atoms with Crippen LogP contribution in [0.3, 0.4) is 0 Å². The molecule has 0 N–H and O–H groups in total. The number of hydrogen-bond acceptors (Lipinski definition) is 4. The zero-order valence-corrected chi connectivity index (χ0v) is 19.5. The van der Waals surface area contributed by atoms with Gasteiger partial charge in [-0.3, -0.25) is 0 Å². The number of nitrogens with zero attached hydrogens (tertiary/aromatic N) is 2. The van der Waals surface area contributed by atoms with Crippen LogP contribution in [0.2, 0.25) is 0 Å². The molecule has 5 rings (SSSR count). The number of carbonyl (C=O) groups excluding carboxylic acids is 1. The second-order valence-corrected chi connectivity index (χ2v) is 8.49. The Hall–Kier alpha value is -4.12. The van der Waals surface area contributed by atoms with E-state index in [1.165, 1.54) is 0 Å². The molecule has 1 aliphatic heterocycles. The molecule has 5 heteroatoms. The Bertz CT molecular complexity index is 1450. The predicted octanol–water partition coefficient (Wildman–Crippen LogP) is 5.99. The van der Waals surface area contributed by atoms with Crippen molar-refractivity contribution in [1.82, 2.24) is 4.57 Å². The molecule has 0 unspecified atom stereocenters. The van der Waals surface area contributed by atoms with E-state index in [0.717, 1.165) is 44.6 Å². The molecule has 0 saturated heterocycles. The van der Waals surface area contributed by atoms with Gasteiger partial charge in [0.15, 0.2) is 5.70 Å². The summed E-state index contributed by atoms with van der Waals surface area (Å²) in [5.74, 6) is 0.794. The van der Waals surface area contributed by atoms with Gasteiger partial charge in [0.05, 0.1) is 6.54 Å². The van der Waals surface area contributed by atoms with Crippen LogP contribution in [0.15, 0.2) is 83.5 Å². The van der Waals surface area contributed by atoms with Gasteiger partial charge >= 0.3 is 5.97 Å². The molecule has 1 aliphatic rings. The number of benzene rings is 3. The van der Waals surface area contributed by atoms with Crippen molar-refractivity contribution in [2.24, 2.45) is 4.99 Å². The lowest BCUT2D eigenvalue weighted by Crippen LogP contribution is -2.10. The molecule has 0 saturated carbocycles. The Morgan fingerprint density at radius 1 is 0.971 bits per heavy atom. The summed E-state index contributed by atoms with van der Waals surface area (Å²) in [4.78, 5) is 17.1. The van der Waals surface area contributed by atoms with E-state index in [1.807, 2.05) is 67.6 Å². The Labute approximate surface area is 199 Å². The maximum Gasteiger partial charge on any atom is 0.363 e. The molecule has 0 atom stereocenters. The van der Waals surface area contributed by atoms with Crippen LogP contribution < -0.4 is 4.74 Å². The maximum atomic E-state index is 12.6. The van der Waals surface area contributed by atoms with Crippen LogP contribution in [0.1, 0.15) is 27.9 Å². The van der Waals surface area contributed by atoms with Crippen LogP contribution in [0, 0.1) is 20.8 Å². The quantitative estimate of drug-likeness (QED) is 0.268. The van der Waals surface area contributed by atoms with Crippen molar-refractivity contribution in [3.63, 3.8) is 0 Å². The summed E-state index contributed by atoms with van der Waals surface area (Å²) in [6.45, 7) is 7.41. The van der Waals surface area contributed by atoms with E-state index < -0.39 is 5.97 Å². The minimum absolute atomic E-state index is 0.304. The molecule has 2 heterocycles. The number of esters is 1. The van der Waals surface area contributed by atoms with Gasteiger partial charge in [-0.15, -0.1) is 0 Å². The molecule has 0 amide bonds. The van der Waals surface area contributed by atoms with Gasteiger partial charge in [0.2, 0.25) is 5.90 Å². The second-order valence-electron chi connectivity index (χ2n) is 8.49. The fourth-order valence-corrected chi connectivity index (χ4v) is 4.31. The van der Waals surface area contributed by atoms with Crippen LogP contribution >= 0.6 is 0 Å². The lowest BCUT2D eigenvalue weighted by Gasteiger charge is -2.12. The first kappa shape index (κ1) is 21.7. The van der Waals surface area contributed by atoms with E-state index in [2.05, 4.69) is 41.6 Å². The molecule has 5 nitrogen and oxygen atoms in total. The SMILES string of the molecule is Cc1ccc2c(c1)c(C=C1N=C(c3ccccc3)OC1=O)c(C)n2CCOc1ccccc1C. The highest BCUT2D eigenvalue weighted by Gasteiger charge is 2.25. The standard InChI is InChI=1S/C29H26N2O3/c1-19-13-14-26-24(17-19)23(18-25-29(32)34-28(30-25)22-10-5-4-6-11-22)21(3)31(26)15-16-33-27-12-8-7-9-20(27)2/h4-14,17-18H,15-16H2,1-3H3. The van der Waals surface area contributed by atoms with Crippen molar-refractivity contribution in [2.45, 2.75) is 27.3 Å². The molecule has 34 heavy (non-hydrogen) atoms. The molecule has 0 aliphatic carbocycles. The number of fused-ring (bicyclic) bond motifs is 1. The van der Waals surface area contributed by atoms with Crippen molar-refractivity contribution in [3.05, 3.63) is 106 Å². The first-order valence-corrected chi connectivity index (χ1v) is 11.4. The highest BCUT2D eigenvalue weighted by Crippen LogP contribution is 2.30. The first-order chi connectivity index (χ1) is 16.5. The smallest absolute Gasteiger partial charge is 0.363 e. The molecular weight excluding hydrogens is 424 g/mol. The lowest BCUT2D eigenvalue weighted by molar-refractivity contribution is -0.129. The summed E-state index contributed by atoms with van der Waals surface area (Å²) in [6.07, 6.45) is 1.84. The van der Waals surface area contributed by atoms with Crippen molar-refractivity contribution in [2.75, 3.05) is 6.61 Å². The van der Waals surface area contributed by atoms with Gasteiger partial charge in [-0.2, -0.15) is 0 Å². The van der Waals surface area contributed by atoms with Gasteiger partial charge in [-0.1, -0.05) is 48.0 Å². The van der Waals surface area contributed by atoms with Gasteiger partial charge in [0, 0.05) is 27.7 Å². The van der Waals surface area contributed by atoms with E-state index in [1.54, 1.807) is 0 Å². The summed E-state index contributed by atoms with van der Waals surface area (Å²) in [7, 11) is 0. The predicted molar refractivity (Wildman–Crippen MR) is 135 cm³/mol. The third-order valence-corrected chi connectivity index (χ3v) is 6.12. The molecule has 0 bridgehead atoms. The van der Waals surface area contributed by atoms with Crippen molar-refractivity contribution in [3.8, 4) is 5.75 Å². The Morgan fingerprint density at radius 2 is 1.74 bits per heavy atom. The van der Waals surface area contributed by atoms with Crippen LogP contribution in [0.4, 0.5) is 0 Å². The van der Waals surface area contributed by atoms with Gasteiger partial charge in [0.25, 0.3) is 0 Å². The largest absolute Gasteiger partial charge is 0.491 e. The molecule has 1 aromatic heterocycles. The van der Waals surface area contributed by atoms with Crippen molar-refractivity contribution < 1.29 is 14.3 Å².